The van der Waals surface area contributed by atoms with Crippen LogP contribution >= 0.6 is 0 Å². The van der Waals surface area contributed by atoms with E-state index < -0.39 is 0 Å². The molecule has 0 saturated heterocycles. The van der Waals surface area contributed by atoms with Gasteiger partial charge in [0.2, 0.25) is 6.79 Å². The first-order chi connectivity index (χ1) is 14.3. The fraction of sp³-hybridized carbons (Fsp3) is 0.217. The Morgan fingerprint density at radius 3 is 2.90 bits per heavy atom. The van der Waals surface area contributed by atoms with Crippen molar-refractivity contribution in [3.8, 4) is 11.5 Å². The molecule has 6 heteroatoms. The van der Waals surface area contributed by atoms with E-state index >= 15 is 0 Å². The molecule has 0 aliphatic carbocycles. The van der Waals surface area contributed by atoms with E-state index in [0.29, 0.717) is 23.6 Å². The molecule has 0 fully saturated rings. The zero-order valence-corrected chi connectivity index (χ0v) is 15.9. The van der Waals surface area contributed by atoms with E-state index in [-0.39, 0.29) is 18.7 Å². The number of amides is 1. The number of ether oxygens (including phenoxy) is 2. The van der Waals surface area contributed by atoms with Gasteiger partial charge in [0.25, 0.3) is 5.91 Å². The van der Waals surface area contributed by atoms with E-state index in [1.807, 2.05) is 12.3 Å². The van der Waals surface area contributed by atoms with Gasteiger partial charge >= 0.3 is 0 Å². The highest BCUT2D eigenvalue weighted by Gasteiger charge is 2.28. The van der Waals surface area contributed by atoms with Crippen molar-refractivity contribution >= 4 is 11.6 Å². The molecule has 1 N–H and O–H groups in total. The second-order valence-corrected chi connectivity index (χ2v) is 7.15. The van der Waals surface area contributed by atoms with E-state index in [1.54, 1.807) is 24.4 Å². The van der Waals surface area contributed by atoms with Crippen LogP contribution in [0.3, 0.4) is 0 Å². The molecule has 2 aromatic carbocycles. The summed E-state index contributed by atoms with van der Waals surface area (Å²) in [4.78, 5) is 19.4. The minimum absolute atomic E-state index is 0.00492. The number of carbonyl (C=O) groups excluding carboxylic acids is 1. The number of carbonyl (C=O) groups is 1. The summed E-state index contributed by atoms with van der Waals surface area (Å²) in [5, 5.41) is 3.09. The van der Waals surface area contributed by atoms with E-state index in [9.17, 15) is 4.79 Å². The number of nitrogens with zero attached hydrogens (tertiary/aromatic N) is 2. The quantitative estimate of drug-likeness (QED) is 0.727. The standard InChI is InChI=1S/C23H21N3O3/c27-23(17-7-8-21-22(12-17)29-15-28-21)25-14-20(18-5-3-10-24-13-18)26-11-9-16-4-1-2-6-19(16)26/h1-8,10,12-13,20H,9,11,14-15H2,(H,25,27). The predicted molar refractivity (Wildman–Crippen MR) is 109 cm³/mol. The molecule has 2 aliphatic heterocycles. The molecule has 0 bridgehead atoms. The highest BCUT2D eigenvalue weighted by Crippen LogP contribution is 2.35. The summed E-state index contributed by atoms with van der Waals surface area (Å²) in [6.07, 6.45) is 4.64. The van der Waals surface area contributed by atoms with E-state index in [0.717, 1.165) is 18.5 Å². The molecular formula is C23H21N3O3. The Morgan fingerprint density at radius 1 is 1.10 bits per heavy atom. The molecule has 1 aromatic heterocycles. The second-order valence-electron chi connectivity index (χ2n) is 7.15. The number of para-hydroxylation sites is 1. The van der Waals surface area contributed by atoms with Crippen LogP contribution in [-0.4, -0.2) is 30.8 Å². The minimum Gasteiger partial charge on any atom is -0.454 e. The van der Waals surface area contributed by atoms with Crippen LogP contribution in [0.2, 0.25) is 0 Å². The molecule has 3 aromatic rings. The monoisotopic (exact) mass is 387 g/mol. The Balaban J connectivity index is 1.37. The molecular weight excluding hydrogens is 366 g/mol. The third kappa shape index (κ3) is 3.38. The van der Waals surface area contributed by atoms with Crippen molar-refractivity contribution in [2.75, 3.05) is 24.8 Å². The number of anilines is 1. The molecule has 1 amide bonds. The van der Waals surface area contributed by atoms with Crippen molar-refractivity contribution in [3.05, 3.63) is 83.7 Å². The van der Waals surface area contributed by atoms with Crippen molar-refractivity contribution < 1.29 is 14.3 Å². The number of fused-ring (bicyclic) bond motifs is 2. The predicted octanol–water partition coefficient (Wildman–Crippen LogP) is 3.34. The van der Waals surface area contributed by atoms with Crippen LogP contribution < -0.4 is 19.7 Å². The summed E-state index contributed by atoms with van der Waals surface area (Å²) in [5.41, 5.74) is 4.19. The molecule has 1 atom stereocenters. The summed E-state index contributed by atoms with van der Waals surface area (Å²) in [6, 6.07) is 17.7. The summed E-state index contributed by atoms with van der Waals surface area (Å²) in [7, 11) is 0. The smallest absolute Gasteiger partial charge is 0.251 e. The molecule has 3 heterocycles. The Hall–Kier alpha value is -3.54. The van der Waals surface area contributed by atoms with Gasteiger partial charge in [-0.25, -0.2) is 0 Å². The average Bonchev–Trinajstić information content (AvgIpc) is 3.41. The minimum atomic E-state index is -0.135. The molecule has 0 radical (unpaired) electrons. The first-order valence-corrected chi connectivity index (χ1v) is 9.72. The fourth-order valence-corrected chi connectivity index (χ4v) is 4.00. The highest BCUT2D eigenvalue weighted by atomic mass is 16.7. The first kappa shape index (κ1) is 17.6. The van der Waals surface area contributed by atoms with E-state index in [1.165, 1.54) is 11.3 Å². The summed E-state index contributed by atoms with van der Waals surface area (Å²) in [5.74, 6) is 1.14. The van der Waals surface area contributed by atoms with Gasteiger partial charge < -0.3 is 19.7 Å². The highest BCUT2D eigenvalue weighted by molar-refractivity contribution is 5.95. The molecule has 1 unspecified atom stereocenters. The third-order valence-electron chi connectivity index (χ3n) is 5.46. The van der Waals surface area contributed by atoms with Gasteiger partial charge in [0.05, 0.1) is 6.04 Å². The summed E-state index contributed by atoms with van der Waals surface area (Å²) in [6.45, 7) is 1.59. The van der Waals surface area contributed by atoms with Crippen molar-refractivity contribution in [1.29, 1.82) is 0 Å². The number of pyridine rings is 1. The van der Waals surface area contributed by atoms with Gasteiger partial charge in [-0.05, 0) is 47.9 Å². The van der Waals surface area contributed by atoms with Gasteiger partial charge in [0.15, 0.2) is 11.5 Å². The first-order valence-electron chi connectivity index (χ1n) is 9.72. The Morgan fingerprint density at radius 2 is 2.00 bits per heavy atom. The zero-order valence-electron chi connectivity index (χ0n) is 15.9. The van der Waals surface area contributed by atoms with Crippen LogP contribution in [0.5, 0.6) is 11.5 Å². The second kappa shape index (κ2) is 7.47. The molecule has 5 rings (SSSR count). The maximum atomic E-state index is 12.8. The number of nitrogens with one attached hydrogen (secondary N) is 1. The van der Waals surface area contributed by atoms with Crippen molar-refractivity contribution in [2.45, 2.75) is 12.5 Å². The van der Waals surface area contributed by atoms with Gasteiger partial charge in [-0.2, -0.15) is 0 Å². The average molecular weight is 387 g/mol. The largest absolute Gasteiger partial charge is 0.454 e. The van der Waals surface area contributed by atoms with Crippen molar-refractivity contribution in [3.63, 3.8) is 0 Å². The molecule has 0 spiro atoms. The maximum absolute atomic E-state index is 12.8. The topological polar surface area (TPSA) is 63.7 Å². The summed E-state index contributed by atoms with van der Waals surface area (Å²) >= 11 is 0. The lowest BCUT2D eigenvalue weighted by Crippen LogP contribution is -2.37. The molecule has 29 heavy (non-hydrogen) atoms. The lowest BCUT2D eigenvalue weighted by atomic mass is 10.1. The third-order valence-corrected chi connectivity index (χ3v) is 5.46. The van der Waals surface area contributed by atoms with Crippen LogP contribution in [0.25, 0.3) is 0 Å². The van der Waals surface area contributed by atoms with E-state index in [4.69, 9.17) is 9.47 Å². The molecule has 2 aliphatic rings. The number of rotatable bonds is 5. The van der Waals surface area contributed by atoms with Gasteiger partial charge in [-0.3, -0.25) is 9.78 Å². The Kier molecular flexibility index (Phi) is 4.52. The molecule has 0 saturated carbocycles. The number of hydrogen-bond donors (Lipinski definition) is 1. The SMILES string of the molecule is O=C(NCC(c1cccnc1)N1CCc2ccccc21)c1ccc2c(c1)OCO2. The number of aromatic nitrogens is 1. The van der Waals surface area contributed by atoms with Crippen LogP contribution in [0.1, 0.15) is 27.5 Å². The normalized spacial score (nSPS) is 15.1. The lowest BCUT2D eigenvalue weighted by Gasteiger charge is -2.31. The van der Waals surface area contributed by atoms with Crippen LogP contribution in [0.4, 0.5) is 5.69 Å². The number of benzene rings is 2. The van der Waals surface area contributed by atoms with E-state index in [2.05, 4.69) is 45.5 Å². The molecule has 146 valence electrons. The van der Waals surface area contributed by atoms with Crippen molar-refractivity contribution in [1.82, 2.24) is 10.3 Å². The van der Waals surface area contributed by atoms with Gasteiger partial charge in [0, 0.05) is 36.7 Å². The maximum Gasteiger partial charge on any atom is 0.251 e. The lowest BCUT2D eigenvalue weighted by molar-refractivity contribution is 0.0950. The summed E-state index contributed by atoms with van der Waals surface area (Å²) < 4.78 is 10.7. The Labute approximate surface area is 169 Å². The van der Waals surface area contributed by atoms with Gasteiger partial charge in [-0.15, -0.1) is 0 Å². The zero-order chi connectivity index (χ0) is 19.6. The molecule has 6 nitrogen and oxygen atoms in total. The van der Waals surface area contributed by atoms with Crippen LogP contribution in [-0.2, 0) is 6.42 Å². The van der Waals surface area contributed by atoms with Crippen LogP contribution in [0.15, 0.2) is 67.0 Å². The fourth-order valence-electron chi connectivity index (χ4n) is 4.00. The Bertz CT molecular complexity index is 1040. The van der Waals surface area contributed by atoms with Crippen LogP contribution in [0, 0.1) is 0 Å². The van der Waals surface area contributed by atoms with Gasteiger partial charge in [-0.1, -0.05) is 24.3 Å². The van der Waals surface area contributed by atoms with Gasteiger partial charge in [0.1, 0.15) is 0 Å². The number of hydrogen-bond acceptors (Lipinski definition) is 5. The van der Waals surface area contributed by atoms with Crippen molar-refractivity contribution in [2.24, 2.45) is 0 Å².